The number of ether oxygens (including phenoxy) is 2. The average Bonchev–Trinajstić information content (AvgIpc) is 3.11. The van der Waals surface area contributed by atoms with Gasteiger partial charge in [0, 0.05) is 12.1 Å². The fourth-order valence-electron chi connectivity index (χ4n) is 5.49. The van der Waals surface area contributed by atoms with Crippen molar-refractivity contribution in [1.29, 1.82) is 0 Å². The van der Waals surface area contributed by atoms with Crippen molar-refractivity contribution in [2.45, 2.75) is 33.4 Å². The van der Waals surface area contributed by atoms with Gasteiger partial charge in [-0.15, -0.1) is 20.5 Å². The standard InChI is InChI=1S/C30H33N5O21S6/c1-15-9-18(20(53-3)13-22(15)57(37,38)7-5-55-61(47,48)49)32-34-28-24(59(41,42)43)11-17-12-25(60(44,45)46)29(30(36)26(17)27(28)31)35-33-19-10-16(2)23(14-21(19)54-4)58(39,40)8-6-56-62(50,51)52/h9-14,36H,5-8,31H2,1-4H3,(H,41,42,43)(H,44,45,46)(H,47,48,49)(H,50,51,52). The smallest absolute Gasteiger partial charge is 0.397 e. The first-order valence-corrected chi connectivity index (χ1v) is 25.2. The Morgan fingerprint density at radius 1 is 0.548 bits per heavy atom. The fourth-order valence-corrected chi connectivity index (χ4v) is 10.3. The second kappa shape index (κ2) is 18.0. The van der Waals surface area contributed by atoms with E-state index in [9.17, 15) is 64.7 Å². The maximum Gasteiger partial charge on any atom is 0.397 e. The molecule has 4 aromatic rings. The van der Waals surface area contributed by atoms with Crippen LogP contribution in [0.2, 0.25) is 0 Å². The Labute approximate surface area is 353 Å². The number of methoxy groups -OCH3 is 2. The number of azo groups is 2. The molecule has 0 bridgehead atoms. The molecule has 0 unspecified atom stereocenters. The number of aromatic hydroxyl groups is 1. The summed E-state index contributed by atoms with van der Waals surface area (Å²) in [5.41, 5.74) is 2.89. The molecule has 4 aromatic carbocycles. The van der Waals surface area contributed by atoms with Crippen LogP contribution in [-0.4, -0.2) is 113 Å². The van der Waals surface area contributed by atoms with Crippen LogP contribution in [0, 0.1) is 13.8 Å². The first-order valence-electron chi connectivity index (χ1n) is 16.3. The number of phenolic OH excluding ortho intramolecular Hbond substituents is 1. The van der Waals surface area contributed by atoms with Crippen molar-refractivity contribution in [1.82, 2.24) is 0 Å². The molecular formula is C30H33N5O21S6. The molecule has 340 valence electrons. The van der Waals surface area contributed by atoms with Gasteiger partial charge < -0.3 is 20.3 Å². The lowest BCUT2D eigenvalue weighted by atomic mass is 10.1. The van der Waals surface area contributed by atoms with Crippen LogP contribution in [0.15, 0.2) is 76.4 Å². The van der Waals surface area contributed by atoms with E-state index in [1.165, 1.54) is 13.8 Å². The van der Waals surface area contributed by atoms with Crippen molar-refractivity contribution < 1.29 is 91.7 Å². The zero-order chi connectivity index (χ0) is 47.0. The van der Waals surface area contributed by atoms with E-state index in [2.05, 4.69) is 28.8 Å². The van der Waals surface area contributed by atoms with E-state index in [1.807, 2.05) is 0 Å². The van der Waals surface area contributed by atoms with Crippen molar-refractivity contribution in [2.75, 3.05) is 44.7 Å². The average molecular weight is 992 g/mol. The maximum absolute atomic E-state index is 12.9. The van der Waals surface area contributed by atoms with Gasteiger partial charge in [0.15, 0.2) is 25.4 Å². The molecule has 0 aliphatic heterocycles. The number of rotatable bonds is 18. The van der Waals surface area contributed by atoms with Gasteiger partial charge in [-0.1, -0.05) is 0 Å². The predicted octanol–water partition coefficient (Wildman–Crippen LogP) is 3.27. The Kier molecular flexibility index (Phi) is 14.4. The Morgan fingerprint density at radius 3 is 1.27 bits per heavy atom. The van der Waals surface area contributed by atoms with Crippen molar-refractivity contribution in [3.8, 4) is 17.2 Å². The Bertz CT molecular complexity index is 3020. The highest BCUT2D eigenvalue weighted by Gasteiger charge is 2.29. The molecule has 4 rings (SSSR count). The van der Waals surface area contributed by atoms with Gasteiger partial charge in [-0.25, -0.2) is 25.2 Å². The summed E-state index contributed by atoms with van der Waals surface area (Å²) in [4.78, 5) is -3.12. The SMILES string of the molecule is COc1cc(S(=O)(=O)CCOS(=O)(=O)O)c(C)cc1N=Nc1c(S(=O)(=O)O)cc2cc(S(=O)(=O)O)c(N=Nc3cc(C)c(S(=O)(=O)CCOS(=O)(=O)O)cc3OC)c(O)c2c1N. The number of hydrogen-bond donors (Lipinski definition) is 6. The number of phenols is 1. The molecule has 0 radical (unpaired) electrons. The summed E-state index contributed by atoms with van der Waals surface area (Å²) in [7, 11) is -27.1. The topological polar surface area (TPSA) is 418 Å². The van der Waals surface area contributed by atoms with Crippen LogP contribution in [0.1, 0.15) is 11.1 Å². The number of hydrogen-bond acceptors (Lipinski definition) is 22. The molecule has 0 aliphatic rings. The van der Waals surface area contributed by atoms with Crippen LogP contribution in [0.5, 0.6) is 17.2 Å². The summed E-state index contributed by atoms with van der Waals surface area (Å²) in [6.07, 6.45) is 0. The summed E-state index contributed by atoms with van der Waals surface area (Å²) in [5.74, 6) is -3.66. The molecule has 0 saturated carbocycles. The second-order valence-corrected chi connectivity index (χ2v) is 21.5. The Balaban J connectivity index is 1.90. The number of nitrogens with two attached hydrogens (primary N) is 1. The highest BCUT2D eigenvalue weighted by Crippen LogP contribution is 2.49. The molecule has 0 aromatic heterocycles. The molecule has 0 fully saturated rings. The number of aryl methyl sites for hydroxylation is 2. The molecule has 0 saturated heterocycles. The van der Waals surface area contributed by atoms with E-state index in [0.717, 1.165) is 38.5 Å². The lowest BCUT2D eigenvalue weighted by Crippen LogP contribution is -2.16. The van der Waals surface area contributed by atoms with Gasteiger partial charge in [0.2, 0.25) is 0 Å². The summed E-state index contributed by atoms with van der Waals surface area (Å²) in [5, 5.41) is 25.6. The molecule has 32 heteroatoms. The van der Waals surface area contributed by atoms with E-state index >= 15 is 0 Å². The van der Waals surface area contributed by atoms with Gasteiger partial charge in [-0.05, 0) is 54.6 Å². The van der Waals surface area contributed by atoms with E-state index in [4.69, 9.17) is 24.3 Å². The van der Waals surface area contributed by atoms with Crippen LogP contribution in [0.4, 0.5) is 28.4 Å². The fraction of sp³-hybridized carbons (Fsp3) is 0.267. The quantitative estimate of drug-likeness (QED) is 0.0473. The van der Waals surface area contributed by atoms with Gasteiger partial charge in [0.25, 0.3) is 20.2 Å². The highest BCUT2D eigenvalue weighted by atomic mass is 32.3. The summed E-state index contributed by atoms with van der Waals surface area (Å²) < 4.78 is 202. The van der Waals surface area contributed by atoms with Crippen LogP contribution in [0.3, 0.4) is 0 Å². The van der Waals surface area contributed by atoms with E-state index in [1.54, 1.807) is 0 Å². The third-order valence-electron chi connectivity index (χ3n) is 8.18. The molecule has 7 N–H and O–H groups in total. The number of benzene rings is 4. The minimum Gasteiger partial charge on any atom is -0.505 e. The third-order valence-corrected chi connectivity index (χ3v) is 14.5. The van der Waals surface area contributed by atoms with Crippen molar-refractivity contribution >= 4 is 99.9 Å². The van der Waals surface area contributed by atoms with E-state index in [-0.39, 0.29) is 34.0 Å². The van der Waals surface area contributed by atoms with Crippen LogP contribution >= 0.6 is 0 Å². The lowest BCUT2D eigenvalue weighted by molar-refractivity contribution is 0.282. The Hall–Kier alpha value is -5.00. The zero-order valence-electron chi connectivity index (χ0n) is 31.9. The molecule has 62 heavy (non-hydrogen) atoms. The first kappa shape index (κ1) is 49.7. The Morgan fingerprint density at radius 2 is 0.919 bits per heavy atom. The zero-order valence-corrected chi connectivity index (χ0v) is 36.8. The van der Waals surface area contributed by atoms with Crippen LogP contribution in [-0.2, 0) is 69.1 Å². The number of sulfone groups is 2. The van der Waals surface area contributed by atoms with Gasteiger partial charge in [0.1, 0.15) is 44.0 Å². The van der Waals surface area contributed by atoms with Crippen LogP contribution in [0.25, 0.3) is 10.8 Å². The number of nitrogens with zero attached hydrogens (tertiary/aromatic N) is 4. The van der Waals surface area contributed by atoms with Gasteiger partial charge in [-0.3, -0.25) is 18.2 Å². The molecule has 0 aliphatic carbocycles. The monoisotopic (exact) mass is 991 g/mol. The van der Waals surface area contributed by atoms with Crippen molar-refractivity contribution in [3.63, 3.8) is 0 Å². The normalized spacial score (nSPS) is 13.4. The molecular weight excluding hydrogens is 959 g/mol. The van der Waals surface area contributed by atoms with Gasteiger partial charge >= 0.3 is 20.8 Å². The molecule has 0 amide bonds. The van der Waals surface area contributed by atoms with Crippen molar-refractivity contribution in [2.24, 2.45) is 20.5 Å². The van der Waals surface area contributed by atoms with Gasteiger partial charge in [-0.2, -0.15) is 33.7 Å². The third kappa shape index (κ3) is 11.7. The molecule has 26 nitrogen and oxygen atoms in total. The van der Waals surface area contributed by atoms with Crippen LogP contribution < -0.4 is 15.2 Å². The predicted molar refractivity (Wildman–Crippen MR) is 213 cm³/mol. The minimum atomic E-state index is -5.37. The summed E-state index contributed by atoms with van der Waals surface area (Å²) >= 11 is 0. The lowest BCUT2D eigenvalue weighted by Gasteiger charge is -2.15. The summed E-state index contributed by atoms with van der Waals surface area (Å²) in [6.45, 7) is 0.637. The number of fused-ring (bicyclic) bond motifs is 1. The summed E-state index contributed by atoms with van der Waals surface area (Å²) in [6, 6.07) is 5.26. The largest absolute Gasteiger partial charge is 0.505 e. The number of nitrogen functional groups attached to an aromatic ring is 1. The maximum atomic E-state index is 12.9. The molecule has 0 heterocycles. The van der Waals surface area contributed by atoms with E-state index in [0.29, 0.717) is 12.1 Å². The van der Waals surface area contributed by atoms with Crippen molar-refractivity contribution in [3.05, 3.63) is 47.5 Å². The second-order valence-electron chi connectivity index (χ2n) is 12.4. The molecule has 0 spiro atoms. The molecule has 0 atom stereocenters. The van der Waals surface area contributed by atoms with Gasteiger partial charge in [0.05, 0.1) is 59.8 Å². The minimum absolute atomic E-state index is 0.0353. The number of anilines is 1. The highest BCUT2D eigenvalue weighted by molar-refractivity contribution is 7.92. The van der Waals surface area contributed by atoms with E-state index < -0.39 is 139 Å². The first-order chi connectivity index (χ1) is 28.3.